The largest absolute Gasteiger partial charge is 0.469 e. The Morgan fingerprint density at radius 1 is 1.24 bits per heavy atom. The molecule has 0 unspecified atom stereocenters. The molecule has 3 rings (SSSR count). The first-order chi connectivity index (χ1) is 13.9. The number of hydrogen-bond acceptors (Lipinski definition) is 7. The van der Waals surface area contributed by atoms with Crippen LogP contribution in [0, 0.1) is 5.92 Å². The number of amides is 1. The van der Waals surface area contributed by atoms with Crippen LogP contribution in [-0.2, 0) is 30.8 Å². The van der Waals surface area contributed by atoms with E-state index in [0.717, 1.165) is 0 Å². The number of piperidine rings is 1. The van der Waals surface area contributed by atoms with Crippen molar-refractivity contribution >= 4 is 38.4 Å². The first-order valence-electron chi connectivity index (χ1n) is 9.27. The molecule has 0 bridgehead atoms. The highest BCUT2D eigenvalue weighted by Gasteiger charge is 2.27. The van der Waals surface area contributed by atoms with Crippen LogP contribution in [0.5, 0.6) is 0 Å². The van der Waals surface area contributed by atoms with Gasteiger partial charge >= 0.3 is 5.97 Å². The van der Waals surface area contributed by atoms with Gasteiger partial charge in [-0.3, -0.25) is 14.3 Å². The maximum Gasteiger partial charge on any atom is 0.308 e. The number of anilines is 1. The molecular weight excluding hydrogens is 414 g/mol. The lowest BCUT2D eigenvalue weighted by molar-refractivity contribution is -0.148. The number of thiazole rings is 1. The zero-order valence-electron chi connectivity index (χ0n) is 16.0. The number of likely N-dealkylation sites (tertiary alicyclic amines) is 1. The predicted molar refractivity (Wildman–Crippen MR) is 109 cm³/mol. The van der Waals surface area contributed by atoms with Crippen molar-refractivity contribution < 1.29 is 22.7 Å². The number of esters is 1. The van der Waals surface area contributed by atoms with Crippen LogP contribution in [0.25, 0.3) is 0 Å². The van der Waals surface area contributed by atoms with Crippen molar-refractivity contribution in [2.24, 2.45) is 5.92 Å². The predicted octanol–water partition coefficient (Wildman–Crippen LogP) is 2.29. The zero-order valence-corrected chi connectivity index (χ0v) is 17.7. The highest BCUT2D eigenvalue weighted by atomic mass is 32.2. The Kier molecular flexibility index (Phi) is 6.86. The second-order valence-corrected chi connectivity index (χ2v) is 9.28. The number of methoxy groups -OCH3 is 1. The number of rotatable bonds is 7. The van der Waals surface area contributed by atoms with Gasteiger partial charge in [0.1, 0.15) is 0 Å². The molecule has 0 spiro atoms. The minimum atomic E-state index is -3.68. The van der Waals surface area contributed by atoms with Gasteiger partial charge in [0, 0.05) is 24.9 Å². The molecule has 1 amide bonds. The summed E-state index contributed by atoms with van der Waals surface area (Å²) in [6, 6.07) is 8.08. The van der Waals surface area contributed by atoms with Crippen LogP contribution in [0.15, 0.2) is 40.6 Å². The summed E-state index contributed by atoms with van der Waals surface area (Å²) in [6.45, 7) is 1.08. The molecule has 1 saturated heterocycles. The van der Waals surface area contributed by atoms with E-state index in [4.69, 9.17) is 4.74 Å². The summed E-state index contributed by atoms with van der Waals surface area (Å²) in [6.07, 6.45) is 1.94. The van der Waals surface area contributed by atoms with Crippen molar-refractivity contribution in [3.05, 3.63) is 41.4 Å². The summed E-state index contributed by atoms with van der Waals surface area (Å²) in [7, 11) is -2.30. The van der Waals surface area contributed by atoms with E-state index >= 15 is 0 Å². The van der Waals surface area contributed by atoms with E-state index in [1.165, 1.54) is 30.6 Å². The van der Waals surface area contributed by atoms with Gasteiger partial charge < -0.3 is 9.64 Å². The van der Waals surface area contributed by atoms with Gasteiger partial charge in [-0.15, -0.1) is 11.3 Å². The maximum absolute atomic E-state index is 12.4. The molecule has 0 aliphatic carbocycles. The van der Waals surface area contributed by atoms with Crippen LogP contribution in [0.1, 0.15) is 25.0 Å². The molecular formula is C19H23N3O5S2. The van der Waals surface area contributed by atoms with Crippen LogP contribution in [0.4, 0.5) is 5.13 Å². The lowest BCUT2D eigenvalue weighted by Crippen LogP contribution is -2.40. The Hall–Kier alpha value is -2.46. The second-order valence-electron chi connectivity index (χ2n) is 6.74. The number of nitrogens with one attached hydrogen (secondary N) is 1. The Bertz CT molecular complexity index is 951. The minimum absolute atomic E-state index is 0.00716. The fourth-order valence-corrected chi connectivity index (χ4v) is 5.19. The highest BCUT2D eigenvalue weighted by molar-refractivity contribution is 7.93. The molecule has 1 aliphatic rings. The molecule has 2 aromatic rings. The van der Waals surface area contributed by atoms with Gasteiger partial charge in [0.25, 0.3) is 10.0 Å². The van der Waals surface area contributed by atoms with Gasteiger partial charge in [0.15, 0.2) is 5.13 Å². The number of hydrogen-bond donors (Lipinski definition) is 1. The normalized spacial score (nSPS) is 15.1. The van der Waals surface area contributed by atoms with Crippen molar-refractivity contribution in [3.8, 4) is 0 Å². The number of benzene rings is 1. The van der Waals surface area contributed by atoms with Crippen molar-refractivity contribution in [1.82, 2.24) is 9.88 Å². The summed E-state index contributed by atoms with van der Waals surface area (Å²) in [5, 5.41) is 2.02. The van der Waals surface area contributed by atoms with Crippen molar-refractivity contribution in [1.29, 1.82) is 0 Å². The molecule has 1 aliphatic heterocycles. The minimum Gasteiger partial charge on any atom is -0.469 e. The highest BCUT2D eigenvalue weighted by Crippen LogP contribution is 2.22. The molecule has 1 N–H and O–H groups in total. The average Bonchev–Trinajstić information content (AvgIpc) is 3.18. The van der Waals surface area contributed by atoms with E-state index in [9.17, 15) is 18.0 Å². The molecule has 8 nitrogen and oxygen atoms in total. The molecule has 10 heteroatoms. The van der Waals surface area contributed by atoms with Gasteiger partial charge in [-0.1, -0.05) is 18.2 Å². The summed E-state index contributed by atoms with van der Waals surface area (Å²) in [5.41, 5.74) is 0.665. The van der Waals surface area contributed by atoms with Crippen LogP contribution in [0.3, 0.4) is 0 Å². The number of aromatic nitrogens is 1. The van der Waals surface area contributed by atoms with E-state index in [2.05, 4.69) is 9.71 Å². The third-order valence-corrected chi connectivity index (χ3v) is 7.09. The fourth-order valence-electron chi connectivity index (χ4n) is 3.17. The SMILES string of the molecule is COC(=O)C1CCN(C(=O)CCc2csc(NS(=O)(=O)c3ccccc3)n2)CC1. The Balaban J connectivity index is 1.49. The summed E-state index contributed by atoms with van der Waals surface area (Å²) >= 11 is 1.19. The zero-order chi connectivity index (χ0) is 20.9. The third-order valence-electron chi connectivity index (χ3n) is 4.80. The lowest BCUT2D eigenvalue weighted by atomic mass is 9.97. The number of aryl methyl sites for hydroxylation is 1. The fraction of sp³-hybridized carbons (Fsp3) is 0.421. The molecule has 156 valence electrons. The monoisotopic (exact) mass is 437 g/mol. The lowest BCUT2D eigenvalue weighted by Gasteiger charge is -2.30. The molecule has 1 fully saturated rings. The number of carbonyl (C=O) groups excluding carboxylic acids is 2. The topological polar surface area (TPSA) is 106 Å². The maximum atomic E-state index is 12.4. The Morgan fingerprint density at radius 3 is 2.59 bits per heavy atom. The molecule has 0 atom stereocenters. The van der Waals surface area contributed by atoms with E-state index in [0.29, 0.717) is 38.0 Å². The first-order valence-corrected chi connectivity index (χ1v) is 11.6. The number of nitrogens with zero attached hydrogens (tertiary/aromatic N) is 2. The molecule has 1 aromatic heterocycles. The van der Waals surface area contributed by atoms with Crippen LogP contribution < -0.4 is 4.72 Å². The van der Waals surface area contributed by atoms with E-state index in [1.54, 1.807) is 28.5 Å². The number of carbonyl (C=O) groups is 2. The van der Waals surface area contributed by atoms with Gasteiger partial charge in [-0.25, -0.2) is 13.4 Å². The van der Waals surface area contributed by atoms with Gasteiger partial charge in [-0.2, -0.15) is 0 Å². The van der Waals surface area contributed by atoms with E-state index < -0.39 is 10.0 Å². The van der Waals surface area contributed by atoms with Gasteiger partial charge in [-0.05, 0) is 31.4 Å². The molecule has 29 heavy (non-hydrogen) atoms. The van der Waals surface area contributed by atoms with Crippen LogP contribution in [-0.4, -0.2) is 50.4 Å². The van der Waals surface area contributed by atoms with Crippen molar-refractivity contribution in [2.75, 3.05) is 24.9 Å². The quantitative estimate of drug-likeness (QED) is 0.666. The van der Waals surface area contributed by atoms with Crippen LogP contribution >= 0.6 is 11.3 Å². The van der Waals surface area contributed by atoms with Gasteiger partial charge in [0.2, 0.25) is 5.91 Å². The van der Waals surface area contributed by atoms with Gasteiger partial charge in [0.05, 0.1) is 23.6 Å². The second kappa shape index (κ2) is 9.36. The number of sulfonamides is 1. The third kappa shape index (κ3) is 5.54. The smallest absolute Gasteiger partial charge is 0.308 e. The summed E-state index contributed by atoms with van der Waals surface area (Å²) in [4.78, 5) is 30.2. The number of ether oxygens (including phenoxy) is 1. The van der Waals surface area contributed by atoms with Crippen molar-refractivity contribution in [2.45, 2.75) is 30.6 Å². The molecule has 0 radical (unpaired) electrons. The summed E-state index contributed by atoms with van der Waals surface area (Å²) in [5.74, 6) is -0.347. The molecule has 1 aromatic carbocycles. The standard InChI is InChI=1S/C19H23N3O5S2/c1-27-18(24)14-9-11-22(12-10-14)17(23)8-7-15-13-28-19(20-15)21-29(25,26)16-5-3-2-4-6-16/h2-6,13-14H,7-12H2,1H3,(H,20,21). The van der Waals surface area contributed by atoms with E-state index in [-0.39, 0.29) is 34.2 Å². The first kappa shape index (κ1) is 21.3. The Labute approximate surface area is 173 Å². The van der Waals surface area contributed by atoms with Crippen molar-refractivity contribution in [3.63, 3.8) is 0 Å². The average molecular weight is 438 g/mol. The Morgan fingerprint density at radius 2 is 1.93 bits per heavy atom. The van der Waals surface area contributed by atoms with E-state index in [1.807, 2.05) is 0 Å². The van der Waals surface area contributed by atoms with Crippen LogP contribution in [0.2, 0.25) is 0 Å². The molecule has 2 heterocycles. The molecule has 0 saturated carbocycles. The summed E-state index contributed by atoms with van der Waals surface area (Å²) < 4.78 is 31.9.